The van der Waals surface area contributed by atoms with E-state index in [-0.39, 0.29) is 11.6 Å². The lowest BCUT2D eigenvalue weighted by molar-refractivity contribution is 0.0522. The summed E-state index contributed by atoms with van der Waals surface area (Å²) >= 11 is 0. The summed E-state index contributed by atoms with van der Waals surface area (Å²) in [7, 11) is 0. The number of nitrogens with zero attached hydrogens (tertiary/aromatic N) is 2. The monoisotopic (exact) mass is 347 g/mol. The van der Waals surface area contributed by atoms with Crippen molar-refractivity contribution in [3.8, 4) is 11.4 Å². The zero-order chi connectivity index (χ0) is 17.3. The van der Waals surface area contributed by atoms with Crippen LogP contribution in [0.15, 0.2) is 30.3 Å². The fraction of sp³-hybridized carbons (Fsp3) is 0.400. The van der Waals surface area contributed by atoms with Gasteiger partial charge in [0, 0.05) is 22.5 Å². The summed E-state index contributed by atoms with van der Waals surface area (Å²) in [6.07, 6.45) is 5.42. The first-order valence-corrected chi connectivity index (χ1v) is 9.49. The van der Waals surface area contributed by atoms with Crippen LogP contribution in [0.5, 0.6) is 0 Å². The lowest BCUT2D eigenvalue weighted by Gasteiger charge is -2.45. The number of benzene rings is 1. The van der Waals surface area contributed by atoms with Crippen molar-refractivity contribution in [2.24, 2.45) is 0 Å². The molecule has 0 atom stereocenters. The largest absolute Gasteiger partial charge is 0.353 e. The molecule has 26 heavy (non-hydrogen) atoms. The van der Waals surface area contributed by atoms with Crippen molar-refractivity contribution in [3.63, 3.8) is 0 Å². The first-order chi connectivity index (χ1) is 12.7. The normalized spacial score (nSPS) is 20.4. The van der Waals surface area contributed by atoms with Gasteiger partial charge >= 0.3 is 6.03 Å². The number of amides is 2. The zero-order valence-corrected chi connectivity index (χ0v) is 14.5. The minimum atomic E-state index is -0.175. The van der Waals surface area contributed by atoms with Crippen LogP contribution in [0.3, 0.4) is 0 Å². The topological polar surface area (TPSA) is 76.8 Å². The van der Waals surface area contributed by atoms with Gasteiger partial charge in [-0.15, -0.1) is 0 Å². The number of carbonyl (C=O) groups excluding carboxylic acids is 1. The van der Waals surface area contributed by atoms with E-state index < -0.39 is 0 Å². The van der Waals surface area contributed by atoms with Crippen LogP contribution in [0.2, 0.25) is 0 Å². The van der Waals surface area contributed by atoms with Crippen molar-refractivity contribution in [1.82, 2.24) is 25.4 Å². The third-order valence-electron chi connectivity index (χ3n) is 6.28. The van der Waals surface area contributed by atoms with E-state index in [1.165, 1.54) is 10.9 Å². The van der Waals surface area contributed by atoms with Gasteiger partial charge in [-0.05, 0) is 44.2 Å². The van der Waals surface area contributed by atoms with Gasteiger partial charge in [0.25, 0.3) is 0 Å². The Kier molecular flexibility index (Phi) is 2.72. The molecule has 3 N–H and O–H groups in total. The third-order valence-corrected chi connectivity index (χ3v) is 6.28. The van der Waals surface area contributed by atoms with Gasteiger partial charge in [0.2, 0.25) is 0 Å². The van der Waals surface area contributed by atoms with E-state index >= 15 is 0 Å². The van der Waals surface area contributed by atoms with E-state index in [0.717, 1.165) is 54.7 Å². The molecule has 6 nitrogen and oxygen atoms in total. The lowest BCUT2D eigenvalue weighted by atomic mass is 9.74. The van der Waals surface area contributed by atoms with Crippen molar-refractivity contribution in [3.05, 3.63) is 41.6 Å². The van der Waals surface area contributed by atoms with Crippen molar-refractivity contribution >= 4 is 16.9 Å². The Morgan fingerprint density at radius 2 is 2.12 bits per heavy atom. The first kappa shape index (κ1) is 14.4. The highest BCUT2D eigenvalue weighted by molar-refractivity contribution is 5.86. The quantitative estimate of drug-likeness (QED) is 0.662. The van der Waals surface area contributed by atoms with Crippen molar-refractivity contribution in [2.45, 2.75) is 50.2 Å². The number of aromatic nitrogens is 3. The molecule has 0 bridgehead atoms. The summed E-state index contributed by atoms with van der Waals surface area (Å²) in [4.78, 5) is 18.4. The highest BCUT2D eigenvalue weighted by atomic mass is 16.2. The first-order valence-electron chi connectivity index (χ1n) is 9.49. The van der Waals surface area contributed by atoms with Gasteiger partial charge in [0.05, 0.1) is 23.5 Å². The molecule has 2 fully saturated rings. The molecule has 2 saturated carbocycles. The Morgan fingerprint density at radius 1 is 1.27 bits per heavy atom. The number of para-hydroxylation sites is 1. The molecule has 1 aromatic carbocycles. The molecule has 2 aliphatic carbocycles. The molecule has 6 heteroatoms. The SMILES string of the molecule is O=C(NC1CC1)N1Cc2c(-c3cc4ccccc4[nH]3)n[nH]c2C12CCC2. The maximum atomic E-state index is 12.8. The van der Waals surface area contributed by atoms with Gasteiger partial charge in [-0.1, -0.05) is 18.2 Å². The highest BCUT2D eigenvalue weighted by Gasteiger charge is 2.54. The number of carbonyl (C=O) groups is 1. The molecule has 3 heterocycles. The second-order valence-corrected chi connectivity index (χ2v) is 7.89. The van der Waals surface area contributed by atoms with Gasteiger partial charge in [-0.3, -0.25) is 5.10 Å². The Balaban J connectivity index is 1.41. The van der Waals surface area contributed by atoms with Crippen molar-refractivity contribution in [2.75, 3.05) is 0 Å². The molecule has 3 aliphatic rings. The fourth-order valence-electron chi connectivity index (χ4n) is 4.55. The highest BCUT2D eigenvalue weighted by Crippen LogP contribution is 2.53. The van der Waals surface area contributed by atoms with E-state index in [1.807, 2.05) is 17.0 Å². The molecule has 2 amide bonds. The van der Waals surface area contributed by atoms with E-state index in [4.69, 9.17) is 0 Å². The van der Waals surface area contributed by atoms with Gasteiger partial charge in [0.15, 0.2) is 0 Å². The minimum Gasteiger partial charge on any atom is -0.353 e. The van der Waals surface area contributed by atoms with Gasteiger partial charge in [0.1, 0.15) is 5.69 Å². The van der Waals surface area contributed by atoms with E-state index in [9.17, 15) is 4.79 Å². The lowest BCUT2D eigenvalue weighted by Crippen LogP contribution is -2.53. The summed E-state index contributed by atoms with van der Waals surface area (Å²) in [5, 5.41) is 12.3. The molecule has 132 valence electrons. The van der Waals surface area contributed by atoms with Crippen LogP contribution >= 0.6 is 0 Å². The number of hydrogen-bond donors (Lipinski definition) is 3. The second-order valence-electron chi connectivity index (χ2n) is 7.89. The maximum absolute atomic E-state index is 12.8. The van der Waals surface area contributed by atoms with Crippen LogP contribution in [-0.4, -0.2) is 32.2 Å². The number of fused-ring (bicyclic) bond motifs is 3. The number of urea groups is 1. The van der Waals surface area contributed by atoms with Crippen LogP contribution in [0.1, 0.15) is 43.4 Å². The number of aromatic amines is 2. The minimum absolute atomic E-state index is 0.0828. The van der Waals surface area contributed by atoms with Crippen LogP contribution < -0.4 is 5.32 Å². The van der Waals surface area contributed by atoms with Crippen LogP contribution in [0.4, 0.5) is 4.79 Å². The van der Waals surface area contributed by atoms with Crippen LogP contribution in [-0.2, 0) is 12.1 Å². The van der Waals surface area contributed by atoms with Gasteiger partial charge < -0.3 is 15.2 Å². The maximum Gasteiger partial charge on any atom is 0.318 e. The smallest absolute Gasteiger partial charge is 0.318 e. The predicted molar refractivity (Wildman–Crippen MR) is 98.5 cm³/mol. The number of nitrogens with one attached hydrogen (secondary N) is 3. The molecule has 2 aromatic heterocycles. The summed E-state index contributed by atoms with van der Waals surface area (Å²) in [6, 6.07) is 10.9. The van der Waals surface area contributed by atoms with Crippen LogP contribution in [0, 0.1) is 0 Å². The second kappa shape index (κ2) is 4.90. The van der Waals surface area contributed by atoms with Crippen molar-refractivity contribution < 1.29 is 4.79 Å². The summed E-state index contributed by atoms with van der Waals surface area (Å²) < 4.78 is 0. The molecule has 3 aromatic rings. The molecule has 0 saturated heterocycles. The van der Waals surface area contributed by atoms with Gasteiger partial charge in [-0.25, -0.2) is 4.79 Å². The molecule has 0 radical (unpaired) electrons. The fourth-order valence-corrected chi connectivity index (χ4v) is 4.55. The summed E-state index contributed by atoms with van der Waals surface area (Å²) in [5.74, 6) is 0. The average Bonchev–Trinajstić information content (AvgIpc) is 3.06. The Labute approximate surface area is 151 Å². The third kappa shape index (κ3) is 1.87. The Hall–Kier alpha value is -2.76. The molecular formula is C20H21N5O. The van der Waals surface area contributed by atoms with Crippen LogP contribution in [0.25, 0.3) is 22.3 Å². The predicted octanol–water partition coefficient (Wildman–Crippen LogP) is 3.62. The average molecular weight is 347 g/mol. The van der Waals surface area contributed by atoms with Gasteiger partial charge in [-0.2, -0.15) is 5.10 Å². The van der Waals surface area contributed by atoms with E-state index in [0.29, 0.717) is 12.6 Å². The molecule has 1 spiro atoms. The Bertz CT molecular complexity index is 991. The number of H-pyrrole nitrogens is 2. The summed E-state index contributed by atoms with van der Waals surface area (Å²) in [6.45, 7) is 0.634. The van der Waals surface area contributed by atoms with E-state index in [1.54, 1.807) is 0 Å². The molecule has 6 rings (SSSR count). The molecule has 1 aliphatic heterocycles. The number of rotatable bonds is 2. The summed E-state index contributed by atoms with van der Waals surface area (Å²) in [5.41, 5.74) is 5.21. The molecule has 0 unspecified atom stereocenters. The molecular weight excluding hydrogens is 326 g/mol. The van der Waals surface area contributed by atoms with E-state index in [2.05, 4.69) is 38.7 Å². The zero-order valence-electron chi connectivity index (χ0n) is 14.5. The Morgan fingerprint density at radius 3 is 2.85 bits per heavy atom. The van der Waals surface area contributed by atoms with Crippen molar-refractivity contribution in [1.29, 1.82) is 0 Å². The standard InChI is InChI=1S/C20H21N5O/c26-19(21-13-6-7-13)25-11-14-17(23-24-18(14)20(25)8-3-9-20)16-10-12-4-1-2-5-15(12)22-16/h1-2,4-5,10,13,22H,3,6-9,11H2,(H,21,26)(H,23,24). The number of hydrogen-bond acceptors (Lipinski definition) is 2.